The smallest absolute Gasteiger partial charge is 0.225 e. The van der Waals surface area contributed by atoms with E-state index in [1.54, 1.807) is 24.5 Å². The normalized spacial score (nSPS) is 12.0. The molecule has 4 heteroatoms. The van der Waals surface area contributed by atoms with Gasteiger partial charge in [-0.05, 0) is 41.3 Å². The molecule has 0 unspecified atom stereocenters. The molecule has 134 valence electrons. The molecule has 1 amide bonds. The molecule has 0 fully saturated rings. The summed E-state index contributed by atoms with van der Waals surface area (Å²) in [5.74, 6) is -0.0421. The van der Waals surface area contributed by atoms with Crippen LogP contribution in [0, 0.1) is 5.82 Å². The quantitative estimate of drug-likeness (QED) is 0.494. The van der Waals surface area contributed by atoms with Crippen molar-refractivity contribution < 1.29 is 13.6 Å². The highest BCUT2D eigenvalue weighted by Crippen LogP contribution is 2.30. The van der Waals surface area contributed by atoms with Gasteiger partial charge in [0.2, 0.25) is 5.91 Å². The predicted molar refractivity (Wildman–Crippen MR) is 104 cm³/mol. The Morgan fingerprint density at radius 2 is 1.70 bits per heavy atom. The van der Waals surface area contributed by atoms with E-state index in [4.69, 9.17) is 4.42 Å². The van der Waals surface area contributed by atoms with Crippen molar-refractivity contribution in [3.05, 3.63) is 102 Å². The summed E-state index contributed by atoms with van der Waals surface area (Å²) in [5, 5.41) is 5.06. The van der Waals surface area contributed by atoms with Gasteiger partial charge in [-0.3, -0.25) is 4.79 Å². The number of carbonyl (C=O) groups excluding carboxylic acids is 1. The molecule has 1 heterocycles. The van der Waals surface area contributed by atoms with Crippen LogP contribution in [0.15, 0.2) is 89.5 Å². The molecule has 0 bridgehead atoms. The van der Waals surface area contributed by atoms with Crippen molar-refractivity contribution in [3.63, 3.8) is 0 Å². The molecule has 0 aliphatic heterocycles. The van der Waals surface area contributed by atoms with Gasteiger partial charge in [0.1, 0.15) is 11.6 Å². The third kappa shape index (κ3) is 3.75. The van der Waals surface area contributed by atoms with Crippen molar-refractivity contribution in [2.24, 2.45) is 0 Å². The molecule has 4 aromatic rings. The molecule has 4 rings (SSSR count). The van der Waals surface area contributed by atoms with Crippen molar-refractivity contribution in [1.29, 1.82) is 0 Å². The predicted octanol–water partition coefficient (Wildman–Crippen LogP) is 5.73. The van der Waals surface area contributed by atoms with E-state index < -0.39 is 0 Å². The van der Waals surface area contributed by atoms with Crippen LogP contribution < -0.4 is 5.32 Å². The highest BCUT2D eigenvalue weighted by Gasteiger charge is 2.21. The largest absolute Gasteiger partial charge is 0.469 e. The first-order chi connectivity index (χ1) is 13.2. The van der Waals surface area contributed by atoms with Gasteiger partial charge in [-0.15, -0.1) is 0 Å². The molecule has 0 saturated heterocycles. The second-order valence-corrected chi connectivity index (χ2v) is 6.40. The van der Waals surface area contributed by atoms with Crippen LogP contribution in [0.4, 0.5) is 10.1 Å². The summed E-state index contributed by atoms with van der Waals surface area (Å²) in [6.07, 6.45) is 1.77. The first-order valence-electron chi connectivity index (χ1n) is 8.77. The summed E-state index contributed by atoms with van der Waals surface area (Å²) >= 11 is 0. The lowest BCUT2D eigenvalue weighted by Crippen LogP contribution is -2.16. The van der Waals surface area contributed by atoms with E-state index in [0.717, 1.165) is 22.0 Å². The number of furan rings is 1. The molecule has 3 aromatic carbocycles. The Kier molecular flexibility index (Phi) is 4.71. The minimum Gasteiger partial charge on any atom is -0.469 e. The van der Waals surface area contributed by atoms with E-state index in [-0.39, 0.29) is 24.1 Å². The van der Waals surface area contributed by atoms with Gasteiger partial charge in [0, 0.05) is 17.5 Å². The van der Waals surface area contributed by atoms with Crippen LogP contribution in [0.2, 0.25) is 0 Å². The van der Waals surface area contributed by atoms with Crippen molar-refractivity contribution in [1.82, 2.24) is 0 Å². The minimum atomic E-state index is -0.308. The van der Waals surface area contributed by atoms with Crippen LogP contribution >= 0.6 is 0 Å². The first kappa shape index (κ1) is 17.0. The van der Waals surface area contributed by atoms with Gasteiger partial charge < -0.3 is 9.73 Å². The van der Waals surface area contributed by atoms with E-state index >= 15 is 0 Å². The Hall–Kier alpha value is -3.40. The Labute approximate surface area is 156 Å². The molecule has 0 radical (unpaired) electrons. The summed E-state index contributed by atoms with van der Waals surface area (Å²) in [6, 6.07) is 23.5. The molecule has 0 aliphatic rings. The zero-order valence-electron chi connectivity index (χ0n) is 14.6. The molecular formula is C23H18FNO2. The Morgan fingerprint density at radius 3 is 2.48 bits per heavy atom. The number of anilines is 1. The Balaban J connectivity index is 1.59. The highest BCUT2D eigenvalue weighted by atomic mass is 19.1. The van der Waals surface area contributed by atoms with E-state index in [2.05, 4.69) is 5.32 Å². The topological polar surface area (TPSA) is 42.2 Å². The fourth-order valence-corrected chi connectivity index (χ4v) is 3.29. The number of hydrogen-bond donors (Lipinski definition) is 1. The monoisotopic (exact) mass is 359 g/mol. The van der Waals surface area contributed by atoms with Crippen molar-refractivity contribution in [2.45, 2.75) is 12.3 Å². The number of halogens is 1. The van der Waals surface area contributed by atoms with Crippen LogP contribution in [0.1, 0.15) is 23.7 Å². The maximum atomic E-state index is 13.3. The average molecular weight is 359 g/mol. The molecule has 0 saturated carbocycles. The number of benzene rings is 3. The van der Waals surface area contributed by atoms with E-state index in [1.807, 2.05) is 48.5 Å². The lowest BCUT2D eigenvalue weighted by molar-refractivity contribution is -0.116. The second kappa shape index (κ2) is 7.46. The van der Waals surface area contributed by atoms with Gasteiger partial charge >= 0.3 is 0 Å². The molecule has 1 atom stereocenters. The van der Waals surface area contributed by atoms with Crippen molar-refractivity contribution in [2.75, 3.05) is 5.32 Å². The maximum absolute atomic E-state index is 13.3. The number of amides is 1. The third-order valence-electron chi connectivity index (χ3n) is 4.61. The summed E-state index contributed by atoms with van der Waals surface area (Å²) in [5.41, 5.74) is 1.61. The zero-order chi connectivity index (χ0) is 18.6. The number of carbonyl (C=O) groups is 1. The summed E-state index contributed by atoms with van der Waals surface area (Å²) in [7, 11) is 0. The minimum absolute atomic E-state index is 0.128. The molecule has 1 N–H and O–H groups in total. The van der Waals surface area contributed by atoms with Gasteiger partial charge in [0.05, 0.1) is 12.2 Å². The average Bonchev–Trinajstić information content (AvgIpc) is 3.22. The number of fused-ring (bicyclic) bond motifs is 1. The number of hydrogen-bond acceptors (Lipinski definition) is 2. The fraction of sp³-hybridized carbons (Fsp3) is 0.0870. The van der Waals surface area contributed by atoms with E-state index in [9.17, 15) is 9.18 Å². The first-order valence-corrected chi connectivity index (χ1v) is 8.77. The number of rotatable bonds is 5. The molecule has 0 aliphatic carbocycles. The van der Waals surface area contributed by atoms with Crippen LogP contribution in [0.25, 0.3) is 10.8 Å². The van der Waals surface area contributed by atoms with Crippen LogP contribution in [0.3, 0.4) is 0 Å². The van der Waals surface area contributed by atoms with E-state index in [0.29, 0.717) is 5.76 Å². The molecule has 27 heavy (non-hydrogen) atoms. The van der Waals surface area contributed by atoms with Crippen molar-refractivity contribution in [3.8, 4) is 0 Å². The van der Waals surface area contributed by atoms with Crippen LogP contribution in [-0.4, -0.2) is 5.91 Å². The standard InChI is InChI=1S/C23H18FNO2/c24-18-12-10-17(11-13-18)20(22-9-4-14-27-22)15-23(26)25-21-8-3-6-16-5-1-2-7-19(16)21/h1-14,20H,15H2,(H,25,26)/t20-/m0/s1. The van der Waals surface area contributed by atoms with Gasteiger partial charge in [0.25, 0.3) is 0 Å². The zero-order valence-corrected chi connectivity index (χ0v) is 14.6. The highest BCUT2D eigenvalue weighted by molar-refractivity contribution is 6.02. The van der Waals surface area contributed by atoms with Crippen molar-refractivity contribution >= 4 is 22.4 Å². The summed E-state index contributed by atoms with van der Waals surface area (Å²) in [6.45, 7) is 0. The molecule has 1 aromatic heterocycles. The Bertz CT molecular complexity index is 1050. The summed E-state index contributed by atoms with van der Waals surface area (Å²) < 4.78 is 18.8. The van der Waals surface area contributed by atoms with Gasteiger partial charge in [-0.1, -0.05) is 48.5 Å². The summed E-state index contributed by atoms with van der Waals surface area (Å²) in [4.78, 5) is 12.8. The Morgan fingerprint density at radius 1 is 0.926 bits per heavy atom. The van der Waals surface area contributed by atoms with Crippen LogP contribution in [-0.2, 0) is 4.79 Å². The third-order valence-corrected chi connectivity index (χ3v) is 4.61. The lowest BCUT2D eigenvalue weighted by Gasteiger charge is -2.16. The van der Waals surface area contributed by atoms with Gasteiger partial charge in [-0.2, -0.15) is 0 Å². The fourth-order valence-electron chi connectivity index (χ4n) is 3.29. The lowest BCUT2D eigenvalue weighted by atomic mass is 9.93. The SMILES string of the molecule is O=C(C[C@@H](c1ccc(F)cc1)c1ccco1)Nc1cccc2ccccc12. The molecule has 3 nitrogen and oxygen atoms in total. The molecule has 0 spiro atoms. The van der Waals surface area contributed by atoms with Gasteiger partial charge in [-0.25, -0.2) is 4.39 Å². The van der Waals surface area contributed by atoms with E-state index in [1.165, 1.54) is 12.1 Å². The van der Waals surface area contributed by atoms with Crippen LogP contribution in [0.5, 0.6) is 0 Å². The molecular weight excluding hydrogens is 341 g/mol. The second-order valence-electron chi connectivity index (χ2n) is 6.40. The number of nitrogens with one attached hydrogen (secondary N) is 1. The van der Waals surface area contributed by atoms with Gasteiger partial charge in [0.15, 0.2) is 0 Å². The maximum Gasteiger partial charge on any atom is 0.225 e.